The second kappa shape index (κ2) is 5.87. The highest BCUT2D eigenvalue weighted by molar-refractivity contribution is 5.83. The van der Waals surface area contributed by atoms with Crippen molar-refractivity contribution in [2.45, 2.75) is 39.2 Å². The molecule has 0 aromatic carbocycles. The SMILES string of the molecule is CCNc1cc(N2CCCC3C(=O)NCC32)nc(CC)n1. The van der Waals surface area contributed by atoms with Crippen LogP contribution in [0.4, 0.5) is 11.6 Å². The van der Waals surface area contributed by atoms with Gasteiger partial charge in [-0.15, -0.1) is 0 Å². The number of rotatable bonds is 4. The summed E-state index contributed by atoms with van der Waals surface area (Å²) >= 11 is 0. The molecule has 2 aliphatic heterocycles. The Bertz CT molecular complexity index is 533. The van der Waals surface area contributed by atoms with Gasteiger partial charge in [-0.1, -0.05) is 6.92 Å². The number of carbonyl (C=O) groups excluding carboxylic acids is 1. The summed E-state index contributed by atoms with van der Waals surface area (Å²) in [6.07, 6.45) is 2.83. The summed E-state index contributed by atoms with van der Waals surface area (Å²) in [5, 5.41) is 6.26. The fraction of sp³-hybridized carbons (Fsp3) is 0.667. The Morgan fingerprint density at radius 1 is 1.43 bits per heavy atom. The van der Waals surface area contributed by atoms with Gasteiger partial charge >= 0.3 is 0 Å². The second-order valence-electron chi connectivity index (χ2n) is 5.67. The first-order chi connectivity index (χ1) is 10.2. The third-order valence-corrected chi connectivity index (χ3v) is 4.33. The van der Waals surface area contributed by atoms with Gasteiger partial charge in [-0.25, -0.2) is 9.97 Å². The molecular formula is C15H23N5O. The third kappa shape index (κ3) is 2.66. The van der Waals surface area contributed by atoms with E-state index in [9.17, 15) is 4.79 Å². The number of nitrogens with one attached hydrogen (secondary N) is 2. The average molecular weight is 289 g/mol. The number of aromatic nitrogens is 2. The fourth-order valence-corrected chi connectivity index (χ4v) is 3.30. The minimum atomic E-state index is 0.112. The second-order valence-corrected chi connectivity index (χ2v) is 5.67. The van der Waals surface area contributed by atoms with Gasteiger partial charge < -0.3 is 15.5 Å². The van der Waals surface area contributed by atoms with E-state index in [-0.39, 0.29) is 17.9 Å². The Balaban J connectivity index is 1.91. The van der Waals surface area contributed by atoms with Gasteiger partial charge in [-0.2, -0.15) is 0 Å². The molecule has 2 fully saturated rings. The van der Waals surface area contributed by atoms with E-state index in [1.165, 1.54) is 0 Å². The monoisotopic (exact) mass is 289 g/mol. The molecule has 114 valence electrons. The van der Waals surface area contributed by atoms with Crippen molar-refractivity contribution in [2.24, 2.45) is 5.92 Å². The molecule has 0 aliphatic carbocycles. The van der Waals surface area contributed by atoms with Gasteiger partial charge in [-0.3, -0.25) is 4.79 Å². The summed E-state index contributed by atoms with van der Waals surface area (Å²) in [6, 6.07) is 2.24. The van der Waals surface area contributed by atoms with E-state index >= 15 is 0 Å². The van der Waals surface area contributed by atoms with Crippen molar-refractivity contribution in [2.75, 3.05) is 29.9 Å². The molecular weight excluding hydrogens is 266 g/mol. The van der Waals surface area contributed by atoms with E-state index in [4.69, 9.17) is 0 Å². The van der Waals surface area contributed by atoms with Crippen LogP contribution in [0.15, 0.2) is 6.07 Å². The van der Waals surface area contributed by atoms with Crippen LogP contribution in [-0.2, 0) is 11.2 Å². The minimum absolute atomic E-state index is 0.112. The molecule has 0 radical (unpaired) electrons. The maximum atomic E-state index is 11.9. The number of piperidine rings is 1. The largest absolute Gasteiger partial charge is 0.370 e. The highest BCUT2D eigenvalue weighted by atomic mass is 16.2. The molecule has 3 rings (SSSR count). The van der Waals surface area contributed by atoms with Crippen LogP contribution in [0.5, 0.6) is 0 Å². The van der Waals surface area contributed by atoms with Crippen LogP contribution in [-0.4, -0.2) is 41.6 Å². The van der Waals surface area contributed by atoms with E-state index in [1.807, 2.05) is 6.07 Å². The number of carbonyl (C=O) groups is 1. The van der Waals surface area contributed by atoms with E-state index in [2.05, 4.69) is 39.3 Å². The molecule has 1 amide bonds. The first-order valence-electron chi connectivity index (χ1n) is 7.89. The Morgan fingerprint density at radius 2 is 2.29 bits per heavy atom. The van der Waals surface area contributed by atoms with Crippen LogP contribution in [0.2, 0.25) is 0 Å². The quantitative estimate of drug-likeness (QED) is 0.871. The van der Waals surface area contributed by atoms with Crippen LogP contribution < -0.4 is 15.5 Å². The highest BCUT2D eigenvalue weighted by Gasteiger charge is 2.41. The Morgan fingerprint density at radius 3 is 3.05 bits per heavy atom. The Labute approximate surface area is 125 Å². The zero-order valence-corrected chi connectivity index (χ0v) is 12.7. The predicted molar refractivity (Wildman–Crippen MR) is 82.4 cm³/mol. The number of aryl methyl sites for hydroxylation is 1. The normalized spacial score (nSPS) is 24.7. The lowest BCUT2D eigenvalue weighted by Crippen LogP contribution is -2.46. The van der Waals surface area contributed by atoms with E-state index < -0.39 is 0 Å². The molecule has 0 saturated carbocycles. The highest BCUT2D eigenvalue weighted by Crippen LogP contribution is 2.31. The summed E-state index contributed by atoms with van der Waals surface area (Å²) in [5.74, 6) is 2.98. The molecule has 2 aliphatic rings. The van der Waals surface area contributed by atoms with Crippen LogP contribution in [0.3, 0.4) is 0 Å². The summed E-state index contributed by atoms with van der Waals surface area (Å²) in [5.41, 5.74) is 0. The van der Waals surface area contributed by atoms with Gasteiger partial charge in [0, 0.05) is 32.1 Å². The molecule has 0 spiro atoms. The number of fused-ring (bicyclic) bond motifs is 1. The summed E-state index contributed by atoms with van der Waals surface area (Å²) < 4.78 is 0. The van der Waals surface area contributed by atoms with Crippen molar-refractivity contribution in [1.29, 1.82) is 0 Å². The number of nitrogens with zero attached hydrogens (tertiary/aromatic N) is 3. The number of amides is 1. The molecule has 2 atom stereocenters. The molecule has 6 heteroatoms. The van der Waals surface area contributed by atoms with Crippen molar-refractivity contribution in [3.8, 4) is 0 Å². The van der Waals surface area contributed by atoms with Gasteiger partial charge in [0.15, 0.2) is 0 Å². The minimum Gasteiger partial charge on any atom is -0.370 e. The molecule has 1 aromatic heterocycles. The molecule has 21 heavy (non-hydrogen) atoms. The lowest BCUT2D eigenvalue weighted by Gasteiger charge is -2.37. The predicted octanol–water partition coefficient (Wildman–Crippen LogP) is 1.19. The number of anilines is 2. The van der Waals surface area contributed by atoms with E-state index in [0.717, 1.165) is 56.4 Å². The Kier molecular flexibility index (Phi) is 3.94. The molecule has 2 N–H and O–H groups in total. The number of hydrogen-bond acceptors (Lipinski definition) is 5. The maximum absolute atomic E-state index is 11.9. The molecule has 2 unspecified atom stereocenters. The molecule has 3 heterocycles. The molecule has 0 bridgehead atoms. The van der Waals surface area contributed by atoms with Crippen LogP contribution in [0.1, 0.15) is 32.5 Å². The first-order valence-corrected chi connectivity index (χ1v) is 7.89. The average Bonchev–Trinajstić information content (AvgIpc) is 2.89. The standard InChI is InChI=1S/C15H23N5O/c1-3-12-18-13(16-4-2)8-14(19-12)20-7-5-6-10-11(20)9-17-15(10)21/h8,10-11H,3-7,9H2,1-2H3,(H,17,21)(H,16,18,19). The smallest absolute Gasteiger partial charge is 0.225 e. The van der Waals surface area contributed by atoms with E-state index in [1.54, 1.807) is 0 Å². The summed E-state index contributed by atoms with van der Waals surface area (Å²) in [6.45, 7) is 6.65. The molecule has 6 nitrogen and oxygen atoms in total. The van der Waals surface area contributed by atoms with Crippen molar-refractivity contribution >= 4 is 17.5 Å². The van der Waals surface area contributed by atoms with Crippen LogP contribution >= 0.6 is 0 Å². The van der Waals surface area contributed by atoms with E-state index in [0.29, 0.717) is 0 Å². The van der Waals surface area contributed by atoms with Crippen LogP contribution in [0.25, 0.3) is 0 Å². The number of hydrogen-bond donors (Lipinski definition) is 2. The van der Waals surface area contributed by atoms with Crippen molar-refractivity contribution in [3.05, 3.63) is 11.9 Å². The lowest BCUT2D eigenvalue weighted by atomic mass is 9.91. The van der Waals surface area contributed by atoms with Gasteiger partial charge in [0.25, 0.3) is 0 Å². The van der Waals surface area contributed by atoms with Crippen molar-refractivity contribution < 1.29 is 4.79 Å². The van der Waals surface area contributed by atoms with Gasteiger partial charge in [0.1, 0.15) is 17.5 Å². The summed E-state index contributed by atoms with van der Waals surface area (Å²) in [4.78, 5) is 23.4. The van der Waals surface area contributed by atoms with Gasteiger partial charge in [-0.05, 0) is 19.8 Å². The van der Waals surface area contributed by atoms with Gasteiger partial charge in [0.2, 0.25) is 5.91 Å². The summed E-state index contributed by atoms with van der Waals surface area (Å²) in [7, 11) is 0. The Hall–Kier alpha value is -1.85. The first kappa shape index (κ1) is 14.1. The van der Waals surface area contributed by atoms with Crippen molar-refractivity contribution in [3.63, 3.8) is 0 Å². The van der Waals surface area contributed by atoms with Crippen molar-refractivity contribution in [1.82, 2.24) is 15.3 Å². The maximum Gasteiger partial charge on any atom is 0.225 e. The zero-order chi connectivity index (χ0) is 14.8. The van der Waals surface area contributed by atoms with Gasteiger partial charge in [0.05, 0.1) is 12.0 Å². The molecule has 1 aromatic rings. The zero-order valence-electron chi connectivity index (χ0n) is 12.7. The van der Waals surface area contributed by atoms with Crippen LogP contribution in [0, 0.1) is 5.92 Å². The lowest BCUT2D eigenvalue weighted by molar-refractivity contribution is -0.122. The topological polar surface area (TPSA) is 70.2 Å². The molecule has 2 saturated heterocycles. The third-order valence-electron chi connectivity index (χ3n) is 4.33. The fourth-order valence-electron chi connectivity index (χ4n) is 3.30.